The van der Waals surface area contributed by atoms with E-state index in [9.17, 15) is 0 Å². The third-order valence-corrected chi connectivity index (χ3v) is 2.95. The van der Waals surface area contributed by atoms with Gasteiger partial charge in [0, 0.05) is 32.0 Å². The van der Waals surface area contributed by atoms with Gasteiger partial charge in [0.25, 0.3) is 0 Å². The number of nitrogens with one attached hydrogen (secondary N) is 1. The monoisotopic (exact) mass is 220 g/mol. The first kappa shape index (κ1) is 11.2. The maximum absolute atomic E-state index is 4.28. The molecule has 0 atom stereocenters. The van der Waals surface area contributed by atoms with Crippen molar-refractivity contribution >= 4 is 5.95 Å². The lowest BCUT2D eigenvalue weighted by Gasteiger charge is -2.15. The molecule has 0 aliphatic carbocycles. The number of rotatable bonds is 6. The zero-order valence-corrected chi connectivity index (χ0v) is 9.73. The molecule has 1 saturated heterocycles. The predicted molar refractivity (Wildman–Crippen MR) is 66.6 cm³/mol. The van der Waals surface area contributed by atoms with E-state index in [0.717, 1.165) is 25.6 Å². The molecule has 0 unspecified atom stereocenters. The Morgan fingerprint density at radius 2 is 2.25 bits per heavy atom. The van der Waals surface area contributed by atoms with Crippen LogP contribution in [0.4, 0.5) is 5.95 Å². The summed E-state index contributed by atoms with van der Waals surface area (Å²) in [7, 11) is 0. The van der Waals surface area contributed by atoms with Gasteiger partial charge in [-0.25, -0.2) is 4.98 Å². The van der Waals surface area contributed by atoms with E-state index in [1.165, 1.54) is 25.9 Å². The SMILES string of the molecule is C=CCn1ccnc1NCCN1CCCC1. The Morgan fingerprint density at radius 1 is 1.44 bits per heavy atom. The molecule has 1 fully saturated rings. The first-order valence-corrected chi connectivity index (χ1v) is 5.98. The van der Waals surface area contributed by atoms with Crippen LogP contribution in [-0.4, -0.2) is 40.6 Å². The Balaban J connectivity index is 1.75. The first-order chi connectivity index (χ1) is 7.90. The zero-order chi connectivity index (χ0) is 11.2. The molecule has 1 aromatic rings. The van der Waals surface area contributed by atoms with Crippen molar-refractivity contribution in [3.63, 3.8) is 0 Å². The highest BCUT2D eigenvalue weighted by molar-refractivity contribution is 5.26. The molecule has 1 N–H and O–H groups in total. The third-order valence-electron chi connectivity index (χ3n) is 2.95. The maximum atomic E-state index is 4.28. The fourth-order valence-electron chi connectivity index (χ4n) is 2.09. The van der Waals surface area contributed by atoms with Crippen molar-refractivity contribution in [1.82, 2.24) is 14.5 Å². The standard InChI is InChI=1S/C12H20N4/c1-2-7-16-11-6-14-12(16)13-5-10-15-8-3-4-9-15/h2,6,11H,1,3-5,7-10H2,(H,13,14). The second-order valence-corrected chi connectivity index (χ2v) is 4.17. The summed E-state index contributed by atoms with van der Waals surface area (Å²) in [5, 5.41) is 3.37. The number of nitrogens with zero attached hydrogens (tertiary/aromatic N) is 3. The van der Waals surface area contributed by atoms with Crippen molar-refractivity contribution in [1.29, 1.82) is 0 Å². The normalized spacial score (nSPS) is 16.5. The molecule has 0 aromatic carbocycles. The molecule has 2 rings (SSSR count). The molecule has 2 heterocycles. The molecule has 0 bridgehead atoms. The molecule has 1 aliphatic heterocycles. The highest BCUT2D eigenvalue weighted by atomic mass is 15.2. The summed E-state index contributed by atoms with van der Waals surface area (Å²) in [5.41, 5.74) is 0. The van der Waals surface area contributed by atoms with E-state index in [2.05, 4.69) is 26.3 Å². The van der Waals surface area contributed by atoms with Gasteiger partial charge in [0.2, 0.25) is 5.95 Å². The maximum Gasteiger partial charge on any atom is 0.203 e. The van der Waals surface area contributed by atoms with Crippen molar-refractivity contribution in [2.75, 3.05) is 31.5 Å². The van der Waals surface area contributed by atoms with E-state index in [-0.39, 0.29) is 0 Å². The largest absolute Gasteiger partial charge is 0.354 e. The summed E-state index contributed by atoms with van der Waals surface area (Å²) in [6.07, 6.45) is 8.38. The smallest absolute Gasteiger partial charge is 0.203 e. The molecule has 1 aromatic heterocycles. The number of hydrogen-bond donors (Lipinski definition) is 1. The Bertz CT molecular complexity index is 326. The lowest BCUT2D eigenvalue weighted by molar-refractivity contribution is 0.352. The molecule has 4 nitrogen and oxygen atoms in total. The average Bonchev–Trinajstić information content (AvgIpc) is 2.91. The minimum atomic E-state index is 0.812. The Morgan fingerprint density at radius 3 is 3.00 bits per heavy atom. The lowest BCUT2D eigenvalue weighted by atomic mass is 10.4. The van der Waals surface area contributed by atoms with Gasteiger partial charge in [0.1, 0.15) is 0 Å². The van der Waals surface area contributed by atoms with Crippen molar-refractivity contribution in [2.45, 2.75) is 19.4 Å². The molecular formula is C12H20N4. The van der Waals surface area contributed by atoms with Gasteiger partial charge in [-0.2, -0.15) is 0 Å². The number of hydrogen-bond acceptors (Lipinski definition) is 3. The number of allylic oxidation sites excluding steroid dienone is 1. The van der Waals surface area contributed by atoms with Crippen LogP contribution in [0.25, 0.3) is 0 Å². The van der Waals surface area contributed by atoms with Gasteiger partial charge in [-0.1, -0.05) is 6.08 Å². The van der Waals surface area contributed by atoms with Crippen LogP contribution in [0.5, 0.6) is 0 Å². The number of likely N-dealkylation sites (tertiary alicyclic amines) is 1. The molecule has 16 heavy (non-hydrogen) atoms. The van der Waals surface area contributed by atoms with Gasteiger partial charge < -0.3 is 14.8 Å². The molecule has 4 heteroatoms. The fourth-order valence-corrected chi connectivity index (χ4v) is 2.09. The number of imidazole rings is 1. The third kappa shape index (κ3) is 2.85. The van der Waals surface area contributed by atoms with Crippen LogP contribution < -0.4 is 5.32 Å². The van der Waals surface area contributed by atoms with Crippen molar-refractivity contribution in [3.05, 3.63) is 25.0 Å². The van der Waals surface area contributed by atoms with Crippen LogP contribution in [0.2, 0.25) is 0 Å². The second kappa shape index (κ2) is 5.70. The summed E-state index contributed by atoms with van der Waals surface area (Å²) < 4.78 is 2.07. The molecular weight excluding hydrogens is 200 g/mol. The average molecular weight is 220 g/mol. The lowest BCUT2D eigenvalue weighted by Crippen LogP contribution is -2.26. The zero-order valence-electron chi connectivity index (χ0n) is 9.73. The van der Waals surface area contributed by atoms with E-state index < -0.39 is 0 Å². The second-order valence-electron chi connectivity index (χ2n) is 4.17. The number of anilines is 1. The summed E-state index contributed by atoms with van der Waals surface area (Å²) in [5.74, 6) is 0.944. The van der Waals surface area contributed by atoms with Crippen LogP contribution in [0, 0.1) is 0 Å². The fraction of sp³-hybridized carbons (Fsp3) is 0.583. The summed E-state index contributed by atoms with van der Waals surface area (Å²) in [6.45, 7) is 9.13. The van der Waals surface area contributed by atoms with Crippen LogP contribution in [0.15, 0.2) is 25.0 Å². The van der Waals surface area contributed by atoms with Gasteiger partial charge in [0.05, 0.1) is 0 Å². The van der Waals surface area contributed by atoms with Gasteiger partial charge in [-0.15, -0.1) is 6.58 Å². The van der Waals surface area contributed by atoms with Crippen LogP contribution in [-0.2, 0) is 6.54 Å². The Hall–Kier alpha value is -1.29. The molecule has 1 aliphatic rings. The minimum Gasteiger partial charge on any atom is -0.354 e. The van der Waals surface area contributed by atoms with Crippen LogP contribution >= 0.6 is 0 Å². The molecule has 0 saturated carbocycles. The van der Waals surface area contributed by atoms with E-state index >= 15 is 0 Å². The summed E-state index contributed by atoms with van der Waals surface area (Å²) in [4.78, 5) is 6.78. The van der Waals surface area contributed by atoms with E-state index in [1.807, 2.05) is 18.5 Å². The highest BCUT2D eigenvalue weighted by Gasteiger charge is 2.10. The first-order valence-electron chi connectivity index (χ1n) is 5.98. The molecule has 0 spiro atoms. The Labute approximate surface area is 97.0 Å². The van der Waals surface area contributed by atoms with Crippen molar-refractivity contribution in [2.24, 2.45) is 0 Å². The van der Waals surface area contributed by atoms with Gasteiger partial charge in [0.15, 0.2) is 0 Å². The van der Waals surface area contributed by atoms with E-state index in [0.29, 0.717) is 0 Å². The van der Waals surface area contributed by atoms with Gasteiger partial charge >= 0.3 is 0 Å². The van der Waals surface area contributed by atoms with E-state index in [1.54, 1.807) is 0 Å². The minimum absolute atomic E-state index is 0.812. The summed E-state index contributed by atoms with van der Waals surface area (Å²) >= 11 is 0. The molecule has 0 amide bonds. The predicted octanol–water partition coefficient (Wildman–Crippen LogP) is 1.58. The van der Waals surface area contributed by atoms with Crippen LogP contribution in [0.1, 0.15) is 12.8 Å². The highest BCUT2D eigenvalue weighted by Crippen LogP contribution is 2.07. The summed E-state index contributed by atoms with van der Waals surface area (Å²) in [6, 6.07) is 0. The van der Waals surface area contributed by atoms with E-state index in [4.69, 9.17) is 0 Å². The van der Waals surface area contributed by atoms with Gasteiger partial charge in [-0.3, -0.25) is 0 Å². The van der Waals surface area contributed by atoms with Crippen LogP contribution in [0.3, 0.4) is 0 Å². The topological polar surface area (TPSA) is 33.1 Å². The Kier molecular flexibility index (Phi) is 3.99. The number of aromatic nitrogens is 2. The van der Waals surface area contributed by atoms with Gasteiger partial charge in [-0.05, 0) is 25.9 Å². The quantitative estimate of drug-likeness (QED) is 0.739. The molecule has 88 valence electrons. The molecule has 0 radical (unpaired) electrons. The van der Waals surface area contributed by atoms with Crippen molar-refractivity contribution in [3.8, 4) is 0 Å². The van der Waals surface area contributed by atoms with Crippen molar-refractivity contribution < 1.29 is 0 Å².